The Bertz CT molecular complexity index is 1360. The van der Waals surface area contributed by atoms with Crippen molar-refractivity contribution in [3.05, 3.63) is 96.3 Å². The van der Waals surface area contributed by atoms with Gasteiger partial charge in [0.15, 0.2) is 0 Å². The second kappa shape index (κ2) is 12.9. The number of sulfonamides is 1. The zero-order valence-electron chi connectivity index (χ0n) is 22.0. The third-order valence-corrected chi connectivity index (χ3v) is 8.82. The van der Waals surface area contributed by atoms with Crippen molar-refractivity contribution in [2.24, 2.45) is 0 Å². The molecule has 1 aliphatic rings. The van der Waals surface area contributed by atoms with E-state index < -0.39 is 34.3 Å². The van der Waals surface area contributed by atoms with E-state index in [4.69, 9.17) is 0 Å². The highest BCUT2D eigenvalue weighted by Crippen LogP contribution is 2.27. The van der Waals surface area contributed by atoms with Gasteiger partial charge in [-0.15, -0.1) is 0 Å². The number of halogens is 1. The van der Waals surface area contributed by atoms with Gasteiger partial charge in [0.1, 0.15) is 18.4 Å². The van der Waals surface area contributed by atoms with Crippen LogP contribution < -0.4 is 9.62 Å². The van der Waals surface area contributed by atoms with Crippen molar-refractivity contribution in [1.29, 1.82) is 0 Å². The molecule has 0 heterocycles. The SMILES string of the molecule is C[C@H](C(=O)NC1CCCCC1)N(Cc1ccccc1)C(=O)CN(c1ccccc1F)S(=O)(=O)c1ccccc1. The minimum atomic E-state index is -4.30. The Balaban J connectivity index is 1.66. The maximum atomic E-state index is 14.9. The lowest BCUT2D eigenvalue weighted by molar-refractivity contribution is -0.139. The maximum absolute atomic E-state index is 14.9. The van der Waals surface area contributed by atoms with Gasteiger partial charge in [-0.1, -0.05) is 79.9 Å². The van der Waals surface area contributed by atoms with Crippen molar-refractivity contribution in [2.75, 3.05) is 10.8 Å². The fourth-order valence-electron chi connectivity index (χ4n) is 4.82. The summed E-state index contributed by atoms with van der Waals surface area (Å²) in [5, 5.41) is 3.07. The van der Waals surface area contributed by atoms with Crippen molar-refractivity contribution in [1.82, 2.24) is 10.2 Å². The number of benzene rings is 3. The number of carbonyl (C=O) groups is 2. The molecule has 0 aliphatic heterocycles. The average Bonchev–Trinajstić information content (AvgIpc) is 2.96. The van der Waals surface area contributed by atoms with Crippen LogP contribution in [0.1, 0.15) is 44.6 Å². The molecule has 1 N–H and O–H groups in total. The number of para-hydroxylation sites is 1. The normalized spacial score (nSPS) is 14.8. The van der Waals surface area contributed by atoms with Crippen LogP contribution in [-0.2, 0) is 26.2 Å². The summed E-state index contributed by atoms with van der Waals surface area (Å²) < 4.78 is 43.1. The molecule has 0 bridgehead atoms. The fourth-order valence-corrected chi connectivity index (χ4v) is 6.26. The van der Waals surface area contributed by atoms with Gasteiger partial charge in [-0.25, -0.2) is 12.8 Å². The smallest absolute Gasteiger partial charge is 0.264 e. The number of anilines is 1. The van der Waals surface area contributed by atoms with Gasteiger partial charge in [0.25, 0.3) is 10.0 Å². The number of hydrogen-bond donors (Lipinski definition) is 1. The molecule has 0 saturated heterocycles. The van der Waals surface area contributed by atoms with Crippen LogP contribution in [0, 0.1) is 5.82 Å². The molecule has 1 saturated carbocycles. The highest BCUT2D eigenvalue weighted by Gasteiger charge is 2.34. The summed E-state index contributed by atoms with van der Waals surface area (Å²) in [6.45, 7) is 1.06. The first-order valence-corrected chi connectivity index (χ1v) is 14.7. The van der Waals surface area contributed by atoms with E-state index in [0.717, 1.165) is 48.0 Å². The first-order chi connectivity index (χ1) is 18.8. The van der Waals surface area contributed by atoms with E-state index in [0.29, 0.717) is 0 Å². The first kappa shape index (κ1) is 28.3. The highest BCUT2D eigenvalue weighted by atomic mass is 32.2. The molecule has 1 atom stereocenters. The van der Waals surface area contributed by atoms with Crippen molar-refractivity contribution in [2.45, 2.75) is 62.6 Å². The molecule has 1 fully saturated rings. The van der Waals surface area contributed by atoms with Crippen LogP contribution in [0.25, 0.3) is 0 Å². The molecule has 4 rings (SSSR count). The first-order valence-electron chi connectivity index (χ1n) is 13.2. The van der Waals surface area contributed by atoms with Crippen LogP contribution >= 0.6 is 0 Å². The molecule has 0 unspecified atom stereocenters. The minimum absolute atomic E-state index is 0.0516. The fraction of sp³-hybridized carbons (Fsp3) is 0.333. The van der Waals surface area contributed by atoms with Crippen molar-refractivity contribution in [3.63, 3.8) is 0 Å². The molecule has 3 aromatic rings. The van der Waals surface area contributed by atoms with Gasteiger partial charge in [0.2, 0.25) is 11.8 Å². The quantitative estimate of drug-likeness (QED) is 0.389. The number of nitrogens with one attached hydrogen (secondary N) is 1. The van der Waals surface area contributed by atoms with Gasteiger partial charge >= 0.3 is 0 Å². The third-order valence-electron chi connectivity index (χ3n) is 7.05. The van der Waals surface area contributed by atoms with Crippen molar-refractivity contribution < 1.29 is 22.4 Å². The lowest BCUT2D eigenvalue weighted by Crippen LogP contribution is -2.53. The molecule has 0 spiro atoms. The number of amides is 2. The third kappa shape index (κ3) is 7.03. The second-order valence-electron chi connectivity index (χ2n) is 9.80. The summed E-state index contributed by atoms with van der Waals surface area (Å²) in [5.74, 6) is -1.69. The Labute approximate surface area is 229 Å². The van der Waals surface area contributed by atoms with E-state index in [2.05, 4.69) is 5.32 Å². The standard InChI is InChI=1S/C30H34FN3O4S/c1-23(30(36)32-25-15-7-3-8-16-25)33(21-24-13-5-2-6-14-24)29(35)22-34(28-20-12-11-19-27(28)31)39(37,38)26-17-9-4-10-18-26/h2,4-6,9-14,17-20,23,25H,3,7-8,15-16,21-22H2,1H3,(H,32,36)/t23-/m1/s1. The molecule has 2 amide bonds. The molecule has 39 heavy (non-hydrogen) atoms. The van der Waals surface area contributed by atoms with E-state index >= 15 is 0 Å². The van der Waals surface area contributed by atoms with Gasteiger partial charge in [-0.3, -0.25) is 13.9 Å². The van der Waals surface area contributed by atoms with E-state index in [9.17, 15) is 22.4 Å². The van der Waals surface area contributed by atoms with Crippen LogP contribution in [0.3, 0.4) is 0 Å². The van der Waals surface area contributed by atoms with E-state index in [-0.39, 0.29) is 29.1 Å². The van der Waals surface area contributed by atoms with Gasteiger partial charge in [-0.2, -0.15) is 0 Å². The van der Waals surface area contributed by atoms with Gasteiger partial charge in [0.05, 0.1) is 10.6 Å². The van der Waals surface area contributed by atoms with Crippen molar-refractivity contribution in [3.8, 4) is 0 Å². The molecular weight excluding hydrogens is 517 g/mol. The van der Waals surface area contributed by atoms with Gasteiger partial charge in [0, 0.05) is 12.6 Å². The molecule has 0 aromatic heterocycles. The summed E-state index contributed by atoms with van der Waals surface area (Å²) in [6, 6.07) is 21.4. The van der Waals surface area contributed by atoms with E-state index in [1.807, 2.05) is 30.3 Å². The Hall–Kier alpha value is -3.72. The number of rotatable bonds is 10. The minimum Gasteiger partial charge on any atom is -0.352 e. The lowest BCUT2D eigenvalue weighted by atomic mass is 9.95. The largest absolute Gasteiger partial charge is 0.352 e. The Morgan fingerprint density at radius 2 is 1.49 bits per heavy atom. The zero-order chi connectivity index (χ0) is 27.8. The highest BCUT2D eigenvalue weighted by molar-refractivity contribution is 7.92. The summed E-state index contributed by atoms with van der Waals surface area (Å²) in [5.41, 5.74) is 0.542. The molecular formula is C30H34FN3O4S. The average molecular weight is 552 g/mol. The predicted molar refractivity (Wildman–Crippen MR) is 149 cm³/mol. The summed E-state index contributed by atoms with van der Waals surface area (Å²) >= 11 is 0. The number of nitrogens with zero attached hydrogens (tertiary/aromatic N) is 2. The monoisotopic (exact) mass is 551 g/mol. The topological polar surface area (TPSA) is 86.8 Å². The second-order valence-corrected chi connectivity index (χ2v) is 11.7. The van der Waals surface area contributed by atoms with Crippen LogP contribution in [0.5, 0.6) is 0 Å². The zero-order valence-corrected chi connectivity index (χ0v) is 22.8. The summed E-state index contributed by atoms with van der Waals surface area (Å²) in [6.07, 6.45) is 5.01. The van der Waals surface area contributed by atoms with Crippen LogP contribution in [0.2, 0.25) is 0 Å². The predicted octanol–water partition coefficient (Wildman–Crippen LogP) is 4.89. The molecule has 206 valence electrons. The number of hydrogen-bond acceptors (Lipinski definition) is 4. The number of carbonyl (C=O) groups excluding carboxylic acids is 2. The molecule has 7 nitrogen and oxygen atoms in total. The van der Waals surface area contributed by atoms with Crippen LogP contribution in [-0.4, -0.2) is 43.8 Å². The van der Waals surface area contributed by atoms with Gasteiger partial charge < -0.3 is 10.2 Å². The van der Waals surface area contributed by atoms with Gasteiger partial charge in [-0.05, 0) is 49.6 Å². The summed E-state index contributed by atoms with van der Waals surface area (Å²) in [7, 11) is -4.30. The van der Waals surface area contributed by atoms with Crippen molar-refractivity contribution >= 4 is 27.5 Å². The van der Waals surface area contributed by atoms with E-state index in [1.54, 1.807) is 25.1 Å². The maximum Gasteiger partial charge on any atom is 0.264 e. The molecule has 0 radical (unpaired) electrons. The summed E-state index contributed by atoms with van der Waals surface area (Å²) in [4.78, 5) is 28.4. The molecule has 1 aliphatic carbocycles. The Morgan fingerprint density at radius 1 is 0.897 bits per heavy atom. The Morgan fingerprint density at radius 3 is 2.13 bits per heavy atom. The van der Waals surface area contributed by atoms with E-state index in [1.165, 1.54) is 35.2 Å². The molecule has 3 aromatic carbocycles. The lowest BCUT2D eigenvalue weighted by Gasteiger charge is -2.33. The van der Waals surface area contributed by atoms with Crippen LogP contribution in [0.4, 0.5) is 10.1 Å². The van der Waals surface area contributed by atoms with Crippen LogP contribution in [0.15, 0.2) is 89.8 Å². The molecule has 9 heteroatoms. The Kier molecular flexibility index (Phi) is 9.35.